The summed E-state index contributed by atoms with van der Waals surface area (Å²) >= 11 is 0. The zero-order valence-electron chi connectivity index (χ0n) is 15.6. The predicted octanol–water partition coefficient (Wildman–Crippen LogP) is 7.22. The number of hydrogen-bond donors (Lipinski definition) is 0. The van der Waals surface area contributed by atoms with Gasteiger partial charge in [-0.05, 0) is 6.07 Å². The van der Waals surface area contributed by atoms with Gasteiger partial charge in [0, 0.05) is 33.2 Å². The number of rotatable bonds is 1. The Balaban J connectivity index is 2.07. The Morgan fingerprint density at radius 3 is 1.41 bits per heavy atom. The van der Waals surface area contributed by atoms with Gasteiger partial charge in [-0.1, -0.05) is 0 Å². The molecule has 13 heteroatoms. The summed E-state index contributed by atoms with van der Waals surface area (Å²) in [6.07, 6.45) is 0. The SMILES string of the molecule is Fc1cc(-c2nc3c(F)c(F)c(F)c4c3c(c2F)-c2c(F)c(F)c(F)c(F)c2-4)c(F)c(F)c1F. The average Bonchev–Trinajstić information content (AvgIpc) is 3.17. The van der Waals surface area contributed by atoms with Crippen LogP contribution < -0.4 is 0 Å². The highest BCUT2D eigenvalue weighted by atomic mass is 19.2. The summed E-state index contributed by atoms with van der Waals surface area (Å²) in [5, 5.41) is -1.20. The molecule has 1 aliphatic rings. The molecule has 0 spiro atoms. The lowest BCUT2D eigenvalue weighted by Gasteiger charge is -2.12. The fourth-order valence-electron chi connectivity index (χ4n) is 3.88. The molecule has 5 rings (SSSR count). The first-order valence-corrected chi connectivity index (χ1v) is 8.79. The summed E-state index contributed by atoms with van der Waals surface area (Å²) in [4.78, 5) is 3.18. The van der Waals surface area contributed by atoms with Crippen LogP contribution in [-0.2, 0) is 0 Å². The summed E-state index contributed by atoms with van der Waals surface area (Å²) in [5.74, 6) is -27.7. The van der Waals surface area contributed by atoms with Gasteiger partial charge in [0.15, 0.2) is 69.8 Å². The third kappa shape index (κ3) is 2.46. The second-order valence-electron chi connectivity index (χ2n) is 7.04. The van der Waals surface area contributed by atoms with Gasteiger partial charge < -0.3 is 0 Å². The Labute approximate surface area is 178 Å². The number of benzene rings is 3. The van der Waals surface area contributed by atoms with E-state index in [2.05, 4.69) is 4.98 Å². The average molecular weight is 495 g/mol. The van der Waals surface area contributed by atoms with Gasteiger partial charge in [0.25, 0.3) is 0 Å². The van der Waals surface area contributed by atoms with Crippen molar-refractivity contribution >= 4 is 10.9 Å². The molecule has 0 fully saturated rings. The van der Waals surface area contributed by atoms with Crippen molar-refractivity contribution in [1.29, 1.82) is 0 Å². The van der Waals surface area contributed by atoms with Crippen LogP contribution in [0.4, 0.5) is 52.7 Å². The molecule has 1 heterocycles. The number of nitrogens with zero attached hydrogens (tertiary/aromatic N) is 1. The van der Waals surface area contributed by atoms with E-state index in [1.54, 1.807) is 0 Å². The fraction of sp³-hybridized carbons (Fsp3) is 0. The number of hydrogen-bond acceptors (Lipinski definition) is 1. The molecule has 1 aromatic heterocycles. The van der Waals surface area contributed by atoms with Gasteiger partial charge in [-0.15, -0.1) is 0 Å². The highest BCUT2D eigenvalue weighted by Crippen LogP contribution is 2.54. The molecule has 174 valence electrons. The van der Waals surface area contributed by atoms with E-state index in [0.717, 1.165) is 0 Å². The second-order valence-corrected chi connectivity index (χ2v) is 7.04. The van der Waals surface area contributed by atoms with Crippen molar-refractivity contribution in [2.75, 3.05) is 0 Å². The zero-order chi connectivity index (χ0) is 25.0. The molecule has 0 radical (unpaired) electrons. The summed E-state index contributed by atoms with van der Waals surface area (Å²) in [7, 11) is 0. The Hall–Kier alpha value is -3.77. The Morgan fingerprint density at radius 2 is 0.853 bits per heavy atom. The molecule has 0 saturated heterocycles. The molecule has 0 N–H and O–H groups in total. The van der Waals surface area contributed by atoms with Gasteiger partial charge >= 0.3 is 0 Å². The first-order valence-electron chi connectivity index (χ1n) is 8.79. The fourth-order valence-corrected chi connectivity index (χ4v) is 3.88. The molecular formula is C21HF12N. The van der Waals surface area contributed by atoms with Crippen LogP contribution >= 0.6 is 0 Å². The molecule has 1 nitrogen and oxygen atoms in total. The first-order chi connectivity index (χ1) is 15.9. The highest BCUT2D eigenvalue weighted by Gasteiger charge is 2.41. The summed E-state index contributed by atoms with van der Waals surface area (Å²) in [6, 6.07) is -0.130. The topological polar surface area (TPSA) is 12.9 Å². The van der Waals surface area contributed by atoms with Gasteiger partial charge in [-0.2, -0.15) is 0 Å². The number of aromatic nitrogens is 1. The lowest BCUT2D eigenvalue weighted by Crippen LogP contribution is -2.04. The van der Waals surface area contributed by atoms with Gasteiger partial charge in [-0.3, -0.25) is 0 Å². The molecule has 0 amide bonds. The van der Waals surface area contributed by atoms with E-state index in [-0.39, 0.29) is 6.07 Å². The minimum absolute atomic E-state index is 0.130. The van der Waals surface area contributed by atoms with E-state index >= 15 is 4.39 Å². The molecule has 0 atom stereocenters. The minimum atomic E-state index is -2.51. The second kappa shape index (κ2) is 6.87. The van der Waals surface area contributed by atoms with E-state index < -0.39 is 114 Å². The number of pyridine rings is 1. The standard InChI is InChI=1S/C21HF12N/c22-3-1-2(9(23)15(29)10(3)24)20-14(28)7-5-4(11(25)16(30)17(31)12(5)26)6-8(7)21(34-20)19(33)18(32)13(6)27/h1H. The van der Waals surface area contributed by atoms with Crippen LogP contribution in [-0.4, -0.2) is 4.98 Å². The molecule has 0 unspecified atom stereocenters. The molecular weight excluding hydrogens is 494 g/mol. The zero-order valence-corrected chi connectivity index (χ0v) is 15.6. The minimum Gasteiger partial charge on any atom is -0.241 e. The van der Waals surface area contributed by atoms with Crippen molar-refractivity contribution in [1.82, 2.24) is 4.98 Å². The molecule has 0 bridgehead atoms. The van der Waals surface area contributed by atoms with Crippen molar-refractivity contribution in [2.24, 2.45) is 0 Å². The van der Waals surface area contributed by atoms with Crippen LogP contribution in [0.15, 0.2) is 6.07 Å². The van der Waals surface area contributed by atoms with Crippen LogP contribution in [0.1, 0.15) is 0 Å². The van der Waals surface area contributed by atoms with Crippen LogP contribution in [0.25, 0.3) is 44.4 Å². The maximum atomic E-state index is 15.4. The predicted molar refractivity (Wildman–Crippen MR) is 91.1 cm³/mol. The molecule has 3 aromatic carbocycles. The van der Waals surface area contributed by atoms with Crippen molar-refractivity contribution in [3.05, 3.63) is 75.9 Å². The Morgan fingerprint density at radius 1 is 0.412 bits per heavy atom. The maximum absolute atomic E-state index is 15.4. The maximum Gasteiger partial charge on any atom is 0.198 e. The van der Waals surface area contributed by atoms with Crippen molar-refractivity contribution in [2.45, 2.75) is 0 Å². The monoisotopic (exact) mass is 495 g/mol. The summed E-state index contributed by atoms with van der Waals surface area (Å²) in [6.45, 7) is 0. The van der Waals surface area contributed by atoms with E-state index in [4.69, 9.17) is 0 Å². The Bertz CT molecular complexity index is 1630. The van der Waals surface area contributed by atoms with Gasteiger partial charge in [0.05, 0.1) is 0 Å². The quantitative estimate of drug-likeness (QED) is 0.136. The largest absolute Gasteiger partial charge is 0.241 e. The van der Waals surface area contributed by atoms with Gasteiger partial charge in [0.2, 0.25) is 0 Å². The van der Waals surface area contributed by atoms with Crippen molar-refractivity contribution in [3.63, 3.8) is 0 Å². The lowest BCUT2D eigenvalue weighted by molar-refractivity contribution is 0.410. The smallest absolute Gasteiger partial charge is 0.198 e. The molecule has 0 aliphatic heterocycles. The van der Waals surface area contributed by atoms with E-state index in [9.17, 15) is 48.3 Å². The Kier molecular flexibility index (Phi) is 4.45. The van der Waals surface area contributed by atoms with Crippen LogP contribution in [0, 0.1) is 69.8 Å². The molecule has 1 aliphatic carbocycles. The van der Waals surface area contributed by atoms with Crippen LogP contribution in [0.3, 0.4) is 0 Å². The lowest BCUT2D eigenvalue weighted by atomic mass is 10.00. The van der Waals surface area contributed by atoms with Crippen LogP contribution in [0.2, 0.25) is 0 Å². The molecule has 0 saturated carbocycles. The third-order valence-corrected chi connectivity index (χ3v) is 5.33. The van der Waals surface area contributed by atoms with Crippen molar-refractivity contribution < 1.29 is 52.7 Å². The van der Waals surface area contributed by atoms with E-state index in [1.807, 2.05) is 0 Å². The molecule has 34 heavy (non-hydrogen) atoms. The van der Waals surface area contributed by atoms with E-state index in [1.165, 1.54) is 0 Å². The third-order valence-electron chi connectivity index (χ3n) is 5.33. The molecule has 4 aromatic rings. The summed E-state index contributed by atoms with van der Waals surface area (Å²) in [5.41, 5.74) is -10.5. The van der Waals surface area contributed by atoms with Crippen molar-refractivity contribution in [3.8, 4) is 33.5 Å². The van der Waals surface area contributed by atoms with Crippen LogP contribution in [0.5, 0.6) is 0 Å². The van der Waals surface area contributed by atoms with E-state index in [0.29, 0.717) is 0 Å². The van der Waals surface area contributed by atoms with Gasteiger partial charge in [0.1, 0.15) is 11.2 Å². The first kappa shape index (κ1) is 22.0. The normalized spacial score (nSPS) is 12.1. The summed E-state index contributed by atoms with van der Waals surface area (Å²) < 4.78 is 171. The number of halogens is 12. The number of fused-ring (bicyclic) bond motifs is 3. The highest BCUT2D eigenvalue weighted by molar-refractivity contribution is 6.16. The van der Waals surface area contributed by atoms with Gasteiger partial charge in [-0.25, -0.2) is 57.7 Å².